The average Bonchev–Trinajstić information content (AvgIpc) is 4.14. The third kappa shape index (κ3) is 10.1. The maximum atomic E-state index is 15.1. The summed E-state index contributed by atoms with van der Waals surface area (Å²) in [7, 11) is 0. The molecular formula is C56H73N7O8. The quantitative estimate of drug-likeness (QED) is 0.153. The van der Waals surface area contributed by atoms with Gasteiger partial charge in [-0.2, -0.15) is 0 Å². The number of hydrogen-bond donors (Lipinski definition) is 3. The van der Waals surface area contributed by atoms with Crippen LogP contribution in [0.2, 0.25) is 0 Å². The number of carbonyl (C=O) groups is 5. The number of aryl methyl sites for hydroxylation is 1. The molecular weight excluding hydrogens is 899 g/mol. The summed E-state index contributed by atoms with van der Waals surface area (Å²) in [5.74, 6) is -1.38. The predicted molar refractivity (Wildman–Crippen MR) is 271 cm³/mol. The van der Waals surface area contributed by atoms with E-state index in [1.807, 2.05) is 39.1 Å². The third-order valence-corrected chi connectivity index (χ3v) is 15.5. The first-order valence-corrected chi connectivity index (χ1v) is 26.0. The summed E-state index contributed by atoms with van der Waals surface area (Å²) < 4.78 is 14.2. The van der Waals surface area contributed by atoms with E-state index in [1.165, 1.54) is 5.01 Å². The normalized spacial score (nSPS) is 23.7. The first-order valence-electron chi connectivity index (χ1n) is 26.0. The van der Waals surface area contributed by atoms with Crippen molar-refractivity contribution < 1.29 is 38.6 Å². The number of nitrogens with one attached hydrogen (secondary N) is 2. The van der Waals surface area contributed by atoms with Crippen molar-refractivity contribution in [3.63, 3.8) is 0 Å². The Morgan fingerprint density at radius 3 is 2.46 bits per heavy atom. The van der Waals surface area contributed by atoms with Crippen LogP contribution in [0, 0.1) is 16.7 Å². The zero-order chi connectivity index (χ0) is 50.6. The lowest BCUT2D eigenvalue weighted by Crippen LogP contribution is -2.62. The number of ether oxygens (including phenoxy) is 2. The van der Waals surface area contributed by atoms with Gasteiger partial charge in [-0.15, -0.1) is 0 Å². The Bertz CT molecular complexity index is 2720. The van der Waals surface area contributed by atoms with Crippen LogP contribution in [-0.2, 0) is 48.0 Å². The molecule has 1 aliphatic carbocycles. The van der Waals surface area contributed by atoms with E-state index in [4.69, 9.17) is 14.5 Å². The number of pyridine rings is 1. The summed E-state index contributed by atoms with van der Waals surface area (Å²) in [5, 5.41) is 17.1. The number of aromatic hydroxyl groups is 1. The van der Waals surface area contributed by atoms with E-state index >= 15 is 4.79 Å². The molecule has 6 bridgehead atoms. The molecule has 4 atom stereocenters. The summed E-state index contributed by atoms with van der Waals surface area (Å²) in [4.78, 5) is 80.2. The highest BCUT2D eigenvalue weighted by Crippen LogP contribution is 2.45. The zero-order valence-electron chi connectivity index (χ0n) is 42.9. The number of fused-ring (bicyclic) bond motifs is 6. The molecule has 15 nitrogen and oxygen atoms in total. The van der Waals surface area contributed by atoms with Crippen molar-refractivity contribution in [2.45, 2.75) is 156 Å². The Hall–Kier alpha value is -5.96. The van der Waals surface area contributed by atoms with Gasteiger partial charge in [0, 0.05) is 67.2 Å². The van der Waals surface area contributed by atoms with E-state index in [1.54, 1.807) is 21.9 Å². The van der Waals surface area contributed by atoms with E-state index in [0.717, 1.165) is 70.2 Å². The van der Waals surface area contributed by atoms with Crippen LogP contribution < -0.4 is 10.7 Å². The fraction of sp³-hybridized carbons (Fsp3) is 0.571. The fourth-order valence-electron chi connectivity index (χ4n) is 12.1. The lowest BCUT2D eigenvalue weighted by atomic mass is 9.83. The van der Waals surface area contributed by atoms with Crippen LogP contribution in [-0.4, -0.2) is 116 Å². The molecule has 0 unspecified atom stereocenters. The summed E-state index contributed by atoms with van der Waals surface area (Å²) in [5.41, 5.74) is 8.71. The van der Waals surface area contributed by atoms with E-state index < -0.39 is 58.4 Å². The van der Waals surface area contributed by atoms with E-state index in [0.29, 0.717) is 63.8 Å². The van der Waals surface area contributed by atoms with Gasteiger partial charge in [-0.25, -0.2) is 10.2 Å². The van der Waals surface area contributed by atoms with Gasteiger partial charge in [-0.05, 0) is 143 Å². The number of cyclic esters (lactones) is 1. The second kappa shape index (κ2) is 19.6. The number of carbonyl (C=O) groups excluding carboxylic acids is 5. The van der Waals surface area contributed by atoms with Gasteiger partial charge in [0.05, 0.1) is 23.4 Å². The van der Waals surface area contributed by atoms with Crippen molar-refractivity contribution in [2.75, 3.05) is 32.8 Å². The molecule has 3 N–H and O–H groups in total. The Kier molecular flexibility index (Phi) is 13.8. The second-order valence-electron chi connectivity index (χ2n) is 23.0. The number of aromatic nitrogens is 2. The molecule has 1 spiro atoms. The van der Waals surface area contributed by atoms with Crippen LogP contribution >= 0.6 is 0 Å². The molecule has 71 heavy (non-hydrogen) atoms. The lowest BCUT2D eigenvalue weighted by Gasteiger charge is -2.37. The minimum Gasteiger partial charge on any atom is -0.508 e. The number of hydrazine groups is 1. The standard InChI is InChI=1S/C56H73N7O8/c1-9-61-45-19-18-37-30-41(45)42(48(61)40-16-12-22-57-46(40)34(2)3)31-55(7,8)33-70-51(67)43-17-13-23-63(59-43)50(66)44(28-35-26-38(37)29-39(64)27-35)58-49(65)47(36-14-10-11-15-36)62-25-21-56(52(62)68)20-24-60(32-56)53(69)71-54(4,5)6/h12,16,18-19,22,26-27,29-30,34,36,43-44,47,59,64H,9-11,13-15,17,20-21,23-25,28,31-33H2,1-8H3,(H,58,65)/t43-,44-,47-,56-/m0/s1. The lowest BCUT2D eigenvalue weighted by molar-refractivity contribution is -0.155. The summed E-state index contributed by atoms with van der Waals surface area (Å²) in [6, 6.07) is 13.0. The molecule has 3 saturated heterocycles. The Balaban J connectivity index is 1.09. The van der Waals surface area contributed by atoms with Gasteiger partial charge in [0.25, 0.3) is 5.91 Å². The maximum absolute atomic E-state index is 15.1. The van der Waals surface area contributed by atoms with Crippen LogP contribution in [0.1, 0.15) is 129 Å². The number of phenols is 1. The van der Waals surface area contributed by atoms with Crippen molar-refractivity contribution in [3.8, 4) is 28.1 Å². The van der Waals surface area contributed by atoms with Crippen LogP contribution in [0.25, 0.3) is 33.3 Å². The molecule has 2 aromatic heterocycles. The van der Waals surface area contributed by atoms with E-state index in [9.17, 15) is 24.3 Å². The molecule has 4 aromatic rings. The number of rotatable bonds is 7. The second-order valence-corrected chi connectivity index (χ2v) is 23.0. The Morgan fingerprint density at radius 1 is 0.972 bits per heavy atom. The molecule has 2 aromatic carbocycles. The minimum atomic E-state index is -1.13. The molecule has 380 valence electrons. The number of amides is 4. The van der Waals surface area contributed by atoms with Crippen molar-refractivity contribution in [1.82, 2.24) is 35.1 Å². The zero-order valence-corrected chi connectivity index (χ0v) is 42.9. The topological polar surface area (TPSA) is 176 Å². The van der Waals surface area contributed by atoms with Crippen molar-refractivity contribution in [2.24, 2.45) is 16.7 Å². The van der Waals surface area contributed by atoms with Gasteiger partial charge in [0.15, 0.2) is 0 Å². The maximum Gasteiger partial charge on any atom is 0.410 e. The largest absolute Gasteiger partial charge is 0.508 e. The highest BCUT2D eigenvalue weighted by atomic mass is 16.6. The molecule has 0 radical (unpaired) electrons. The van der Waals surface area contributed by atoms with Crippen LogP contribution in [0.3, 0.4) is 0 Å². The van der Waals surface area contributed by atoms with Gasteiger partial charge in [-0.3, -0.25) is 29.2 Å². The number of hydrogen-bond acceptors (Lipinski definition) is 10. The van der Waals surface area contributed by atoms with Crippen molar-refractivity contribution in [3.05, 3.63) is 71.5 Å². The summed E-state index contributed by atoms with van der Waals surface area (Å²) >= 11 is 0. The minimum absolute atomic E-state index is 0.0160. The predicted octanol–water partition coefficient (Wildman–Crippen LogP) is 8.29. The van der Waals surface area contributed by atoms with Crippen molar-refractivity contribution >= 4 is 40.7 Å². The average molecular weight is 972 g/mol. The van der Waals surface area contributed by atoms with Crippen molar-refractivity contribution in [1.29, 1.82) is 0 Å². The molecule has 5 aliphatic rings. The smallest absolute Gasteiger partial charge is 0.410 e. The number of esters is 1. The monoisotopic (exact) mass is 972 g/mol. The third-order valence-electron chi connectivity index (χ3n) is 15.5. The Labute approximate surface area is 418 Å². The van der Waals surface area contributed by atoms with Gasteiger partial charge >= 0.3 is 12.1 Å². The Morgan fingerprint density at radius 2 is 1.73 bits per heavy atom. The van der Waals surface area contributed by atoms with Gasteiger partial charge < -0.3 is 34.3 Å². The van der Waals surface area contributed by atoms with Crippen LogP contribution in [0.5, 0.6) is 5.75 Å². The number of phenolic OH excluding ortho intramolecular Hbond substituents is 1. The first-order chi connectivity index (χ1) is 33.7. The number of likely N-dealkylation sites (tertiary alicyclic amines) is 2. The summed E-state index contributed by atoms with van der Waals surface area (Å²) in [6.45, 7) is 18.2. The molecule has 4 aliphatic heterocycles. The van der Waals surface area contributed by atoms with E-state index in [-0.39, 0.29) is 43.1 Å². The molecule has 15 heteroatoms. The van der Waals surface area contributed by atoms with Crippen LogP contribution in [0.15, 0.2) is 54.7 Å². The molecule has 1 saturated carbocycles. The SMILES string of the molecule is CCn1c(-c2cccnc2C(C)C)c2c3cc(ccc31)-c1cc(O)cc(c1)C[C@H](NC(=O)[C@H](C1CCCC1)N1CC[C@]3(CCN(C(=O)OC(C)(C)C)C3)C1=O)C(=O)N1CCC[C@H](N1)C(=O)OCC(C)(C)C2. The molecule has 9 rings (SSSR count). The highest BCUT2D eigenvalue weighted by Gasteiger charge is 2.55. The van der Waals surface area contributed by atoms with Gasteiger partial charge in [0.1, 0.15) is 29.5 Å². The van der Waals surface area contributed by atoms with Crippen LogP contribution in [0.4, 0.5) is 4.79 Å². The molecule has 4 amide bonds. The van der Waals surface area contributed by atoms with E-state index in [2.05, 4.69) is 74.2 Å². The molecule has 4 fully saturated rings. The van der Waals surface area contributed by atoms with Gasteiger partial charge in [0.2, 0.25) is 11.8 Å². The highest BCUT2D eigenvalue weighted by molar-refractivity contribution is 5.97. The summed E-state index contributed by atoms with van der Waals surface area (Å²) in [6.07, 6.45) is 7.34. The van der Waals surface area contributed by atoms with Gasteiger partial charge in [-0.1, -0.05) is 52.7 Å². The number of benzene rings is 2. The first kappa shape index (κ1) is 50.0. The fourth-order valence-corrected chi connectivity index (χ4v) is 12.1. The number of nitrogens with zero attached hydrogens (tertiary/aromatic N) is 5. The molecule has 6 heterocycles.